The van der Waals surface area contributed by atoms with Crippen LogP contribution in [0.25, 0.3) is 0 Å². The SMILES string of the molecule is CC(C)CC(C)(O)CNS(=O)(=O)c1cc(F)cc(F)c1. The van der Waals surface area contributed by atoms with E-state index in [0.717, 1.165) is 12.1 Å². The van der Waals surface area contributed by atoms with E-state index in [1.807, 2.05) is 13.8 Å². The van der Waals surface area contributed by atoms with E-state index in [-0.39, 0.29) is 12.5 Å². The second-order valence-electron chi connectivity index (χ2n) is 5.52. The van der Waals surface area contributed by atoms with Gasteiger partial charge in [-0.15, -0.1) is 0 Å². The van der Waals surface area contributed by atoms with Crippen molar-refractivity contribution in [1.29, 1.82) is 0 Å². The van der Waals surface area contributed by atoms with Crippen molar-refractivity contribution < 1.29 is 22.3 Å². The molecule has 0 fully saturated rings. The molecule has 0 amide bonds. The summed E-state index contributed by atoms with van der Waals surface area (Å²) in [6.45, 7) is 5.06. The van der Waals surface area contributed by atoms with Crippen molar-refractivity contribution in [2.45, 2.75) is 37.7 Å². The Kier molecular flexibility index (Phi) is 5.23. The van der Waals surface area contributed by atoms with Gasteiger partial charge in [0.25, 0.3) is 0 Å². The molecular weight excluding hydrogens is 288 g/mol. The van der Waals surface area contributed by atoms with Crippen LogP contribution < -0.4 is 4.72 Å². The lowest BCUT2D eigenvalue weighted by Gasteiger charge is -2.25. The van der Waals surface area contributed by atoms with Gasteiger partial charge in [0.15, 0.2) is 0 Å². The number of nitrogens with one attached hydrogen (secondary N) is 1. The Morgan fingerprint density at radius 3 is 2.20 bits per heavy atom. The lowest BCUT2D eigenvalue weighted by atomic mass is 9.95. The van der Waals surface area contributed by atoms with E-state index in [9.17, 15) is 22.3 Å². The van der Waals surface area contributed by atoms with Crippen LogP contribution in [-0.2, 0) is 10.0 Å². The van der Waals surface area contributed by atoms with E-state index in [4.69, 9.17) is 0 Å². The third-order valence-corrected chi connectivity index (χ3v) is 4.02. The van der Waals surface area contributed by atoms with Gasteiger partial charge in [-0.25, -0.2) is 21.9 Å². The van der Waals surface area contributed by atoms with Crippen molar-refractivity contribution in [3.63, 3.8) is 0 Å². The van der Waals surface area contributed by atoms with Crippen molar-refractivity contribution in [2.75, 3.05) is 6.54 Å². The van der Waals surface area contributed by atoms with Crippen LogP contribution in [0.3, 0.4) is 0 Å². The number of aliphatic hydroxyl groups is 1. The van der Waals surface area contributed by atoms with Crippen molar-refractivity contribution in [3.8, 4) is 0 Å². The van der Waals surface area contributed by atoms with Gasteiger partial charge in [0.1, 0.15) is 11.6 Å². The van der Waals surface area contributed by atoms with Crippen molar-refractivity contribution in [1.82, 2.24) is 4.72 Å². The number of hydrogen-bond acceptors (Lipinski definition) is 3. The summed E-state index contributed by atoms with van der Waals surface area (Å²) in [5, 5.41) is 10.0. The standard InChI is InChI=1S/C13H19F2NO3S/c1-9(2)7-13(3,17)8-16-20(18,19)12-5-10(14)4-11(15)6-12/h4-6,9,16-17H,7-8H2,1-3H3. The Balaban J connectivity index is 2.85. The molecule has 0 spiro atoms. The highest BCUT2D eigenvalue weighted by Gasteiger charge is 2.25. The minimum Gasteiger partial charge on any atom is -0.389 e. The van der Waals surface area contributed by atoms with Crippen LogP contribution in [0, 0.1) is 17.6 Å². The van der Waals surface area contributed by atoms with E-state index in [1.54, 1.807) is 0 Å². The molecule has 7 heteroatoms. The molecule has 20 heavy (non-hydrogen) atoms. The van der Waals surface area contributed by atoms with Crippen LogP contribution >= 0.6 is 0 Å². The largest absolute Gasteiger partial charge is 0.389 e. The molecule has 0 aromatic heterocycles. The third-order valence-electron chi connectivity index (χ3n) is 2.64. The van der Waals surface area contributed by atoms with E-state index >= 15 is 0 Å². The topological polar surface area (TPSA) is 66.4 Å². The first-order valence-corrected chi connectivity index (χ1v) is 7.68. The minimum atomic E-state index is -4.06. The maximum atomic E-state index is 13.0. The molecule has 1 rings (SSSR count). The zero-order valence-corrected chi connectivity index (χ0v) is 12.5. The maximum Gasteiger partial charge on any atom is 0.240 e. The Morgan fingerprint density at radius 2 is 1.75 bits per heavy atom. The average Bonchev–Trinajstić information content (AvgIpc) is 2.23. The average molecular weight is 307 g/mol. The molecule has 0 aliphatic rings. The van der Waals surface area contributed by atoms with E-state index < -0.39 is 32.2 Å². The fourth-order valence-corrected chi connectivity index (χ4v) is 3.17. The predicted octanol–water partition coefficient (Wildman–Crippen LogP) is 2.04. The Bertz CT molecular complexity index is 551. The fourth-order valence-electron chi connectivity index (χ4n) is 1.97. The Morgan fingerprint density at radius 1 is 1.25 bits per heavy atom. The van der Waals surface area contributed by atoms with Crippen molar-refractivity contribution in [3.05, 3.63) is 29.8 Å². The van der Waals surface area contributed by atoms with Crippen LogP contribution in [0.5, 0.6) is 0 Å². The predicted molar refractivity (Wildman–Crippen MR) is 71.6 cm³/mol. The first-order valence-electron chi connectivity index (χ1n) is 6.20. The highest BCUT2D eigenvalue weighted by Crippen LogP contribution is 2.17. The molecule has 1 atom stereocenters. The zero-order valence-electron chi connectivity index (χ0n) is 11.7. The van der Waals surface area contributed by atoms with E-state index in [2.05, 4.69) is 4.72 Å². The Labute approximate surface area is 117 Å². The smallest absolute Gasteiger partial charge is 0.240 e. The van der Waals surface area contributed by atoms with E-state index in [1.165, 1.54) is 6.92 Å². The van der Waals surface area contributed by atoms with Crippen LogP contribution in [0.4, 0.5) is 8.78 Å². The summed E-state index contributed by atoms with van der Waals surface area (Å²) in [5.41, 5.74) is -1.23. The first kappa shape index (κ1) is 17.0. The van der Waals surface area contributed by atoms with Gasteiger partial charge in [0.2, 0.25) is 10.0 Å². The molecule has 0 aliphatic carbocycles. The summed E-state index contributed by atoms with van der Waals surface area (Å²) in [5.74, 6) is -1.76. The second kappa shape index (κ2) is 6.15. The third kappa shape index (κ3) is 5.15. The Hall–Kier alpha value is -1.05. The van der Waals surface area contributed by atoms with Gasteiger partial charge in [0, 0.05) is 12.6 Å². The fraction of sp³-hybridized carbons (Fsp3) is 0.538. The van der Waals surface area contributed by atoms with Crippen molar-refractivity contribution in [2.24, 2.45) is 5.92 Å². The molecule has 114 valence electrons. The second-order valence-corrected chi connectivity index (χ2v) is 7.29. The molecule has 0 aliphatic heterocycles. The van der Waals surface area contributed by atoms with Gasteiger partial charge in [0.05, 0.1) is 10.5 Å². The van der Waals surface area contributed by atoms with Crippen LogP contribution in [0.2, 0.25) is 0 Å². The highest BCUT2D eigenvalue weighted by atomic mass is 32.2. The van der Waals surface area contributed by atoms with Gasteiger partial charge < -0.3 is 5.11 Å². The summed E-state index contributed by atoms with van der Waals surface area (Å²) in [6, 6.07) is 2.04. The summed E-state index contributed by atoms with van der Waals surface area (Å²) < 4.78 is 52.0. The van der Waals surface area contributed by atoms with Gasteiger partial charge in [-0.1, -0.05) is 13.8 Å². The molecule has 1 aromatic carbocycles. The lowest BCUT2D eigenvalue weighted by molar-refractivity contribution is 0.0437. The molecule has 2 N–H and O–H groups in total. The van der Waals surface area contributed by atoms with Crippen LogP contribution in [0.15, 0.2) is 23.1 Å². The number of sulfonamides is 1. The number of rotatable bonds is 6. The quantitative estimate of drug-likeness (QED) is 0.845. The van der Waals surface area contributed by atoms with Crippen LogP contribution in [0.1, 0.15) is 27.2 Å². The molecule has 4 nitrogen and oxygen atoms in total. The van der Waals surface area contributed by atoms with Crippen LogP contribution in [-0.4, -0.2) is 25.7 Å². The van der Waals surface area contributed by atoms with Crippen molar-refractivity contribution >= 4 is 10.0 Å². The molecular formula is C13H19F2NO3S. The zero-order chi connectivity index (χ0) is 15.6. The van der Waals surface area contributed by atoms with Gasteiger partial charge >= 0.3 is 0 Å². The summed E-state index contributed by atoms with van der Waals surface area (Å²) in [4.78, 5) is -0.504. The monoisotopic (exact) mass is 307 g/mol. The maximum absolute atomic E-state index is 13.0. The lowest BCUT2D eigenvalue weighted by Crippen LogP contribution is -2.41. The highest BCUT2D eigenvalue weighted by molar-refractivity contribution is 7.89. The van der Waals surface area contributed by atoms with Gasteiger partial charge in [-0.05, 0) is 31.4 Å². The molecule has 0 radical (unpaired) electrons. The van der Waals surface area contributed by atoms with E-state index in [0.29, 0.717) is 12.5 Å². The summed E-state index contributed by atoms with van der Waals surface area (Å²) in [7, 11) is -4.06. The summed E-state index contributed by atoms with van der Waals surface area (Å²) >= 11 is 0. The molecule has 1 aromatic rings. The molecule has 0 saturated heterocycles. The van der Waals surface area contributed by atoms with Gasteiger partial charge in [-0.3, -0.25) is 0 Å². The number of halogens is 2. The normalized spacial score (nSPS) is 15.3. The molecule has 1 unspecified atom stereocenters. The number of hydrogen-bond donors (Lipinski definition) is 2. The summed E-state index contributed by atoms with van der Waals surface area (Å²) in [6.07, 6.45) is 0.396. The number of benzene rings is 1. The molecule has 0 heterocycles. The molecule has 0 saturated carbocycles. The first-order chi connectivity index (χ1) is 9.02. The minimum absolute atomic E-state index is 0.182. The molecule has 0 bridgehead atoms. The van der Waals surface area contributed by atoms with Gasteiger partial charge in [-0.2, -0.15) is 0 Å².